The maximum Gasteiger partial charge on any atom is 0.313 e. The monoisotopic (exact) mass is 702 g/mol. The van der Waals surface area contributed by atoms with Gasteiger partial charge in [0.25, 0.3) is 0 Å². The van der Waals surface area contributed by atoms with Gasteiger partial charge in [-0.3, -0.25) is 19.2 Å². The Morgan fingerprint density at radius 1 is 0.357 bits per heavy atom. The number of carbonyl (C=O) groups is 4. The molecule has 0 aliphatic rings. The second-order valence-electron chi connectivity index (χ2n) is 6.92. The van der Waals surface area contributed by atoms with Gasteiger partial charge in [0.05, 0.1) is 99.9 Å². The normalized spacial score (nSPS) is 9.38. The zero-order valence-electron chi connectivity index (χ0n) is 22.6. The fraction of sp³-hybridized carbons (Fsp3) is 0.800. The molecule has 0 spiro atoms. The van der Waals surface area contributed by atoms with Crippen LogP contribution in [0.15, 0.2) is 0 Å². The fourth-order valence-electron chi connectivity index (χ4n) is 0.600. The Morgan fingerprint density at radius 3 is 0.452 bits per heavy atom. The lowest BCUT2D eigenvalue weighted by Crippen LogP contribution is -2.37. The van der Waals surface area contributed by atoms with E-state index in [1.165, 1.54) is 0 Å². The molecule has 0 heterocycles. The second-order valence-corrected chi connectivity index (χ2v) is 8.18. The van der Waals surface area contributed by atoms with Gasteiger partial charge in [-0.15, -0.1) is 0 Å². The number of aliphatic hydroxyl groups is 10. The number of hydrogen-bond donors (Lipinski definition) is 18. The highest BCUT2D eigenvalue weighted by Gasteiger charge is 2.27. The van der Waals surface area contributed by atoms with E-state index in [1.807, 2.05) is 0 Å². The molecule has 0 saturated carbocycles. The molecule has 0 rings (SSSR count). The number of rotatable bonds is 13. The first kappa shape index (κ1) is 56.6. The maximum atomic E-state index is 9.29. The van der Waals surface area contributed by atoms with Gasteiger partial charge >= 0.3 is 23.9 Å². The van der Waals surface area contributed by atoms with Gasteiger partial charge in [-0.2, -0.15) is 50.5 Å². The predicted molar refractivity (Wildman–Crippen MR) is 162 cm³/mol. The zero-order chi connectivity index (χ0) is 35.2. The first-order valence-electron chi connectivity index (χ1n) is 10.9. The first-order valence-corrected chi connectivity index (χ1v) is 13.4. The van der Waals surface area contributed by atoms with Crippen LogP contribution in [0.25, 0.3) is 0 Å². The Balaban J connectivity index is -0.0000000697. The molecule has 0 atom stereocenters. The Hall–Kier alpha value is -1.12. The van der Waals surface area contributed by atoms with Crippen LogP contribution in [0.1, 0.15) is 0 Å². The molecular weight excluding hydrogens is 656 g/mol. The third kappa shape index (κ3) is 54.9. The van der Waals surface area contributed by atoms with Crippen LogP contribution in [-0.2, 0) is 19.2 Å². The van der Waals surface area contributed by atoms with Crippen molar-refractivity contribution >= 4 is 74.4 Å². The zero-order valence-corrected chi connectivity index (χ0v) is 26.2. The summed E-state index contributed by atoms with van der Waals surface area (Å²) in [4.78, 5) is 37.2. The summed E-state index contributed by atoms with van der Waals surface area (Å²) in [5, 5.41) is 114. The topological polar surface area (TPSA) is 352 Å². The van der Waals surface area contributed by atoms with E-state index in [1.54, 1.807) is 0 Å². The van der Waals surface area contributed by atoms with Crippen LogP contribution in [0.4, 0.5) is 0 Å². The summed E-state index contributed by atoms with van der Waals surface area (Å²) in [5.74, 6) is -3.86. The van der Waals surface area contributed by atoms with E-state index < -0.39 is 87.6 Å². The van der Waals surface area contributed by atoms with Gasteiger partial charge in [-0.1, -0.05) is 0 Å². The number of aliphatic carboxylic acids is 4. The van der Waals surface area contributed by atoms with Crippen LogP contribution in [0.3, 0.4) is 0 Å². The van der Waals surface area contributed by atoms with Gasteiger partial charge in [0.15, 0.2) is 0 Å². The molecule has 0 unspecified atom stereocenters. The largest absolute Gasteiger partial charge is 0.481 e. The smallest absolute Gasteiger partial charge is 0.313 e. The van der Waals surface area contributed by atoms with Crippen molar-refractivity contribution in [3.8, 4) is 0 Å². The van der Waals surface area contributed by atoms with Crippen molar-refractivity contribution in [1.82, 2.24) is 0 Å². The van der Waals surface area contributed by atoms with Crippen molar-refractivity contribution in [2.45, 2.75) is 0 Å². The van der Waals surface area contributed by atoms with E-state index in [2.05, 4.69) is 50.5 Å². The molecule has 18 nitrogen and oxygen atoms in total. The molecule has 0 aliphatic heterocycles. The summed E-state index contributed by atoms with van der Waals surface area (Å²) in [7, 11) is 0. The van der Waals surface area contributed by atoms with Crippen molar-refractivity contribution in [3.05, 3.63) is 0 Å². The van der Waals surface area contributed by atoms with Crippen LogP contribution < -0.4 is 0 Å². The maximum absolute atomic E-state index is 9.29. The molecule has 0 aromatic carbocycles. The van der Waals surface area contributed by atoms with Crippen LogP contribution in [0.2, 0.25) is 0 Å². The molecule has 0 amide bonds. The number of hydrogen-bond acceptors (Lipinski definition) is 18. The van der Waals surface area contributed by atoms with Gasteiger partial charge in [0.2, 0.25) is 0 Å². The third-order valence-corrected chi connectivity index (χ3v) is 4.41. The molecule has 258 valence electrons. The summed E-state index contributed by atoms with van der Waals surface area (Å²) < 4.78 is 0. The second kappa shape index (κ2) is 44.3. The standard InChI is InChI=1S/2C5H12O4.4C2H4O2S.C2H6O2/c2*6-1-5(2-7,3-8)4-9;4*3-2(4)1-5;3-1-2-4/h2*6-9H,1-4H2;4*5H,1H2,(H,3,4);3-4H,1-2H2. The lowest BCUT2D eigenvalue weighted by molar-refractivity contribution is -0.134. The molecule has 0 aromatic heterocycles. The summed E-state index contributed by atoms with van der Waals surface area (Å²) in [6.45, 7) is -3.50. The van der Waals surface area contributed by atoms with Gasteiger partial charge in [-0.05, 0) is 0 Å². The molecule has 0 fully saturated rings. The minimum absolute atomic E-state index is 0.0833. The number of thiol groups is 4. The van der Waals surface area contributed by atoms with Crippen molar-refractivity contribution in [2.75, 3.05) is 89.1 Å². The van der Waals surface area contributed by atoms with Crippen molar-refractivity contribution in [2.24, 2.45) is 10.8 Å². The number of carboxylic acid groups (broad SMARTS) is 4. The van der Waals surface area contributed by atoms with E-state index in [0.717, 1.165) is 0 Å². The fourth-order valence-corrected chi connectivity index (χ4v) is 0.600. The molecule has 14 N–H and O–H groups in total. The molecule has 22 heteroatoms. The molecule has 0 radical (unpaired) electrons. The minimum atomic E-state index is -1.11. The quantitative estimate of drug-likeness (QED) is 0.0798. The molecule has 0 aliphatic carbocycles. The molecule has 0 aromatic rings. The van der Waals surface area contributed by atoms with Gasteiger partial charge < -0.3 is 71.5 Å². The predicted octanol–water partition coefficient (Wildman–Crippen LogP) is -5.14. The molecule has 0 bridgehead atoms. The average molecular weight is 703 g/mol. The number of carboxylic acids is 4. The lowest BCUT2D eigenvalue weighted by Gasteiger charge is -2.23. The summed E-state index contributed by atoms with van der Waals surface area (Å²) >= 11 is 13.7. The van der Waals surface area contributed by atoms with Crippen molar-refractivity contribution in [3.63, 3.8) is 0 Å². The van der Waals surface area contributed by atoms with Crippen LogP contribution in [0, 0.1) is 10.8 Å². The molecule has 42 heavy (non-hydrogen) atoms. The highest BCUT2D eigenvalue weighted by atomic mass is 32.1. The SMILES string of the molecule is O=C(O)CS.O=C(O)CS.O=C(O)CS.O=C(O)CS.OCC(CO)(CO)CO.OCC(CO)(CO)CO.OCCO. The van der Waals surface area contributed by atoms with Gasteiger partial charge in [-0.25, -0.2) is 0 Å². The number of aliphatic hydroxyl groups excluding tert-OH is 10. The summed E-state index contributed by atoms with van der Waals surface area (Å²) in [5.41, 5.74) is -2.22. The Morgan fingerprint density at radius 2 is 0.452 bits per heavy atom. The summed E-state index contributed by atoms with van der Waals surface area (Å²) in [6.07, 6.45) is 0. The third-order valence-electron chi connectivity index (χ3n) is 3.32. The van der Waals surface area contributed by atoms with Crippen LogP contribution in [-0.4, -0.2) is 184 Å². The molecule has 0 saturated heterocycles. The van der Waals surface area contributed by atoms with E-state index in [-0.39, 0.29) is 36.2 Å². The van der Waals surface area contributed by atoms with Crippen LogP contribution >= 0.6 is 50.5 Å². The van der Waals surface area contributed by atoms with E-state index in [9.17, 15) is 19.2 Å². The van der Waals surface area contributed by atoms with E-state index in [4.69, 9.17) is 71.5 Å². The molecular formula is C20H46O18S4. The van der Waals surface area contributed by atoms with Crippen molar-refractivity contribution < 1.29 is 90.7 Å². The van der Waals surface area contributed by atoms with Gasteiger partial charge in [0.1, 0.15) is 0 Å². The summed E-state index contributed by atoms with van der Waals surface area (Å²) in [6, 6.07) is 0. The highest BCUT2D eigenvalue weighted by molar-refractivity contribution is 7.81. The highest BCUT2D eigenvalue weighted by Crippen LogP contribution is 2.12. The van der Waals surface area contributed by atoms with E-state index in [0.29, 0.717) is 0 Å². The van der Waals surface area contributed by atoms with Crippen molar-refractivity contribution in [1.29, 1.82) is 0 Å². The average Bonchev–Trinajstić information content (AvgIpc) is 3.01. The first-order chi connectivity index (χ1) is 19.5. The Kier molecular flexibility index (Phi) is 59.8. The minimum Gasteiger partial charge on any atom is -0.481 e. The Bertz CT molecular complexity index is 480. The lowest BCUT2D eigenvalue weighted by atomic mass is 9.93. The van der Waals surface area contributed by atoms with E-state index >= 15 is 0 Å². The Labute approximate surface area is 264 Å². The van der Waals surface area contributed by atoms with Crippen LogP contribution in [0.5, 0.6) is 0 Å². The van der Waals surface area contributed by atoms with Gasteiger partial charge in [0, 0.05) is 0 Å².